The summed E-state index contributed by atoms with van der Waals surface area (Å²) in [5, 5.41) is 1.36. The third-order valence-electron chi connectivity index (χ3n) is 5.41. The van der Waals surface area contributed by atoms with Gasteiger partial charge in [0, 0.05) is 42.8 Å². The van der Waals surface area contributed by atoms with Crippen molar-refractivity contribution in [2.45, 2.75) is 25.7 Å². The van der Waals surface area contributed by atoms with Crippen LogP contribution < -0.4 is 0 Å². The van der Waals surface area contributed by atoms with E-state index in [-0.39, 0.29) is 5.91 Å². The lowest BCUT2D eigenvalue weighted by atomic mass is 9.89. The van der Waals surface area contributed by atoms with Gasteiger partial charge in [-0.1, -0.05) is 35.9 Å². The zero-order valence-corrected chi connectivity index (χ0v) is 14.9. The van der Waals surface area contributed by atoms with Crippen LogP contribution in [-0.2, 0) is 7.05 Å². The van der Waals surface area contributed by atoms with Gasteiger partial charge in [0.15, 0.2) is 0 Å². The average molecular weight is 332 g/mol. The van der Waals surface area contributed by atoms with Crippen molar-refractivity contribution >= 4 is 16.8 Å². The lowest BCUT2D eigenvalue weighted by molar-refractivity contribution is 0.0713. The Hall–Kier alpha value is -2.55. The van der Waals surface area contributed by atoms with Gasteiger partial charge in [-0.05, 0) is 49.4 Å². The fourth-order valence-corrected chi connectivity index (χ4v) is 4.05. The van der Waals surface area contributed by atoms with E-state index in [1.54, 1.807) is 0 Å². The minimum Gasteiger partial charge on any atom is -0.350 e. The van der Waals surface area contributed by atoms with Crippen molar-refractivity contribution in [2.75, 3.05) is 13.1 Å². The monoisotopic (exact) mass is 332 g/mol. The SMILES string of the molecule is Cc1cccc(C(=O)N2CCC(c3cn(C)c4ccccc34)CC2)c1. The van der Waals surface area contributed by atoms with Crippen molar-refractivity contribution in [2.24, 2.45) is 7.05 Å². The number of fused-ring (bicyclic) bond motifs is 1. The molecule has 128 valence electrons. The minimum absolute atomic E-state index is 0.167. The first-order valence-corrected chi connectivity index (χ1v) is 9.03. The molecule has 2 heterocycles. The van der Waals surface area contributed by atoms with Gasteiger partial charge in [0.05, 0.1) is 0 Å². The Morgan fingerprint density at radius 1 is 1.04 bits per heavy atom. The molecule has 1 aliphatic heterocycles. The zero-order chi connectivity index (χ0) is 17.4. The molecule has 0 N–H and O–H groups in total. The topological polar surface area (TPSA) is 25.2 Å². The number of rotatable bonds is 2. The molecule has 3 heteroatoms. The number of likely N-dealkylation sites (tertiary alicyclic amines) is 1. The third-order valence-corrected chi connectivity index (χ3v) is 5.41. The number of carbonyl (C=O) groups is 1. The van der Waals surface area contributed by atoms with Gasteiger partial charge in [0.25, 0.3) is 5.91 Å². The zero-order valence-electron chi connectivity index (χ0n) is 14.9. The molecule has 1 aromatic heterocycles. The summed E-state index contributed by atoms with van der Waals surface area (Å²) < 4.78 is 2.22. The largest absolute Gasteiger partial charge is 0.350 e. The van der Waals surface area contributed by atoms with E-state index in [4.69, 9.17) is 0 Å². The van der Waals surface area contributed by atoms with Crippen molar-refractivity contribution < 1.29 is 4.79 Å². The molecule has 1 amide bonds. The Balaban J connectivity index is 1.50. The van der Waals surface area contributed by atoms with Gasteiger partial charge in [-0.2, -0.15) is 0 Å². The molecule has 0 unspecified atom stereocenters. The molecule has 2 aromatic carbocycles. The minimum atomic E-state index is 0.167. The number of benzene rings is 2. The molecule has 0 atom stereocenters. The highest BCUT2D eigenvalue weighted by molar-refractivity contribution is 5.94. The highest BCUT2D eigenvalue weighted by Crippen LogP contribution is 2.34. The molecule has 0 radical (unpaired) electrons. The van der Waals surface area contributed by atoms with E-state index in [2.05, 4.69) is 42.1 Å². The molecule has 3 nitrogen and oxygen atoms in total. The first-order valence-electron chi connectivity index (χ1n) is 9.03. The number of amides is 1. The molecule has 4 rings (SSSR count). The Bertz CT molecular complexity index is 917. The van der Waals surface area contributed by atoms with Gasteiger partial charge in [-0.25, -0.2) is 0 Å². The second kappa shape index (κ2) is 6.40. The maximum absolute atomic E-state index is 12.7. The number of nitrogens with zero attached hydrogens (tertiary/aromatic N) is 2. The summed E-state index contributed by atoms with van der Waals surface area (Å²) >= 11 is 0. The maximum Gasteiger partial charge on any atom is 0.253 e. The third kappa shape index (κ3) is 2.95. The molecule has 3 aromatic rings. The molecule has 1 fully saturated rings. The van der Waals surface area contributed by atoms with Gasteiger partial charge in [-0.3, -0.25) is 4.79 Å². The Labute approximate surface area is 148 Å². The van der Waals surface area contributed by atoms with Gasteiger partial charge < -0.3 is 9.47 Å². The molecular weight excluding hydrogens is 308 g/mol. The van der Waals surface area contributed by atoms with Crippen LogP contribution in [0.25, 0.3) is 10.9 Å². The van der Waals surface area contributed by atoms with Crippen LogP contribution in [-0.4, -0.2) is 28.5 Å². The number of aromatic nitrogens is 1. The number of hydrogen-bond acceptors (Lipinski definition) is 1. The lowest BCUT2D eigenvalue weighted by Gasteiger charge is -2.32. The Morgan fingerprint density at radius 3 is 2.56 bits per heavy atom. The van der Waals surface area contributed by atoms with Crippen LogP contribution in [0.2, 0.25) is 0 Å². The van der Waals surface area contributed by atoms with E-state index in [9.17, 15) is 4.79 Å². The fraction of sp³-hybridized carbons (Fsp3) is 0.318. The highest BCUT2D eigenvalue weighted by Gasteiger charge is 2.26. The van der Waals surface area contributed by atoms with Crippen molar-refractivity contribution in [3.63, 3.8) is 0 Å². The molecular formula is C22H24N2O. The van der Waals surface area contributed by atoms with Crippen molar-refractivity contribution in [3.8, 4) is 0 Å². The van der Waals surface area contributed by atoms with Crippen LogP contribution in [0.5, 0.6) is 0 Å². The first-order chi connectivity index (χ1) is 12.1. The molecule has 0 bridgehead atoms. The number of carbonyl (C=O) groups excluding carboxylic acids is 1. The summed E-state index contributed by atoms with van der Waals surface area (Å²) in [7, 11) is 2.11. The average Bonchev–Trinajstić information content (AvgIpc) is 2.98. The molecule has 0 aliphatic carbocycles. The second-order valence-corrected chi connectivity index (χ2v) is 7.15. The van der Waals surface area contributed by atoms with Crippen LogP contribution in [0.15, 0.2) is 54.7 Å². The molecule has 0 saturated carbocycles. The predicted octanol–water partition coefficient (Wildman–Crippen LogP) is 4.51. The molecule has 1 aliphatic rings. The van der Waals surface area contributed by atoms with Crippen LogP contribution in [0.1, 0.15) is 40.2 Å². The van der Waals surface area contributed by atoms with Crippen LogP contribution in [0.4, 0.5) is 0 Å². The van der Waals surface area contributed by atoms with Crippen LogP contribution >= 0.6 is 0 Å². The first kappa shape index (κ1) is 15.9. The summed E-state index contributed by atoms with van der Waals surface area (Å²) in [4.78, 5) is 14.7. The molecule has 25 heavy (non-hydrogen) atoms. The van der Waals surface area contributed by atoms with Crippen molar-refractivity contribution in [1.29, 1.82) is 0 Å². The summed E-state index contributed by atoms with van der Waals surface area (Å²) in [5.41, 5.74) is 4.66. The number of hydrogen-bond donors (Lipinski definition) is 0. The summed E-state index contributed by atoms with van der Waals surface area (Å²) in [5.74, 6) is 0.702. The lowest BCUT2D eigenvalue weighted by Crippen LogP contribution is -2.37. The number of piperidine rings is 1. The predicted molar refractivity (Wildman–Crippen MR) is 102 cm³/mol. The normalized spacial score (nSPS) is 15.7. The van der Waals surface area contributed by atoms with Gasteiger partial charge in [0.2, 0.25) is 0 Å². The standard InChI is InChI=1S/C22H24N2O/c1-16-6-5-7-18(14-16)22(25)24-12-10-17(11-13-24)20-15-23(2)21-9-4-3-8-19(20)21/h3-9,14-15,17H,10-13H2,1-2H3. The molecule has 1 saturated heterocycles. The Kier molecular flexibility index (Phi) is 4.08. The van der Waals surface area contributed by atoms with E-state index < -0.39 is 0 Å². The maximum atomic E-state index is 12.7. The molecule has 0 spiro atoms. The van der Waals surface area contributed by atoms with E-state index in [1.165, 1.54) is 16.5 Å². The number of para-hydroxylation sites is 1. The smallest absolute Gasteiger partial charge is 0.253 e. The van der Waals surface area contributed by atoms with Gasteiger partial charge >= 0.3 is 0 Å². The van der Waals surface area contributed by atoms with Crippen LogP contribution in [0, 0.1) is 6.92 Å². The summed E-state index contributed by atoms with van der Waals surface area (Å²) in [6, 6.07) is 16.5. The van der Waals surface area contributed by atoms with Gasteiger partial charge in [0.1, 0.15) is 0 Å². The Morgan fingerprint density at radius 2 is 1.80 bits per heavy atom. The van der Waals surface area contributed by atoms with E-state index in [0.29, 0.717) is 5.92 Å². The van der Waals surface area contributed by atoms with Crippen molar-refractivity contribution in [1.82, 2.24) is 9.47 Å². The highest BCUT2D eigenvalue weighted by atomic mass is 16.2. The van der Waals surface area contributed by atoms with Gasteiger partial charge in [-0.15, -0.1) is 0 Å². The van der Waals surface area contributed by atoms with Crippen LogP contribution in [0.3, 0.4) is 0 Å². The second-order valence-electron chi connectivity index (χ2n) is 7.15. The number of aryl methyl sites for hydroxylation is 2. The van der Waals surface area contributed by atoms with E-state index in [1.807, 2.05) is 36.1 Å². The van der Waals surface area contributed by atoms with E-state index >= 15 is 0 Å². The van der Waals surface area contributed by atoms with E-state index in [0.717, 1.165) is 37.1 Å². The quantitative estimate of drug-likeness (QED) is 0.678. The summed E-state index contributed by atoms with van der Waals surface area (Å²) in [6.45, 7) is 3.70. The van der Waals surface area contributed by atoms with Crippen molar-refractivity contribution in [3.05, 3.63) is 71.4 Å². The summed E-state index contributed by atoms with van der Waals surface area (Å²) in [6.07, 6.45) is 4.34. The fourth-order valence-electron chi connectivity index (χ4n) is 4.05.